The molecule has 306 valence electrons. The van der Waals surface area contributed by atoms with Crippen molar-refractivity contribution in [2.24, 2.45) is 5.41 Å². The van der Waals surface area contributed by atoms with Crippen molar-refractivity contribution in [3.63, 3.8) is 0 Å². The Morgan fingerprint density at radius 2 is 1.66 bits per heavy atom. The first-order chi connectivity index (χ1) is 27.8. The van der Waals surface area contributed by atoms with Crippen LogP contribution in [0.15, 0.2) is 84.9 Å². The number of carbonyl (C=O) groups is 4. The van der Waals surface area contributed by atoms with Gasteiger partial charge in [0.15, 0.2) is 18.4 Å². The standard InChI is InChI=1S/C42H42F3N3O10/c1-47(30(37(51)46-17-18-49)19-26-7-3-2-4-8-26)39(53)41-22-31-33-34(57-40(56-33)20-28-9-5-6-10-29(28)21-40)36(41)58-48(35(41)38(52)55-31)23-27-13-11-25(12-14-27)15-16-32(50)54-24-42(43,44)45/h2-16,30-31,33-36,49H,17-24H2,1H3,(H,46,51). The maximum atomic E-state index is 15.4. The van der Waals surface area contributed by atoms with E-state index in [1.54, 1.807) is 24.3 Å². The second-order valence-electron chi connectivity index (χ2n) is 15.4. The number of ether oxygens (including phenoxy) is 4. The van der Waals surface area contributed by atoms with E-state index in [2.05, 4.69) is 10.1 Å². The highest BCUT2D eigenvalue weighted by Crippen LogP contribution is 2.59. The smallest absolute Gasteiger partial charge is 0.422 e. The molecule has 3 saturated heterocycles. The van der Waals surface area contributed by atoms with E-state index in [-0.39, 0.29) is 32.5 Å². The van der Waals surface area contributed by atoms with Crippen molar-refractivity contribution in [3.05, 3.63) is 113 Å². The molecule has 2 bridgehead atoms. The van der Waals surface area contributed by atoms with E-state index in [4.69, 9.17) is 19.0 Å². The molecule has 3 aliphatic heterocycles. The zero-order valence-corrected chi connectivity index (χ0v) is 31.4. The third kappa shape index (κ3) is 7.50. The molecule has 3 heterocycles. The number of halogens is 3. The van der Waals surface area contributed by atoms with Crippen molar-refractivity contribution in [2.45, 2.75) is 80.7 Å². The summed E-state index contributed by atoms with van der Waals surface area (Å²) in [6.07, 6.45) is -4.86. The van der Waals surface area contributed by atoms with Gasteiger partial charge in [-0.2, -0.15) is 18.2 Å². The van der Waals surface area contributed by atoms with Crippen molar-refractivity contribution in [2.75, 3.05) is 26.8 Å². The van der Waals surface area contributed by atoms with Crippen molar-refractivity contribution >= 4 is 29.8 Å². The molecule has 2 amide bonds. The van der Waals surface area contributed by atoms with Crippen LogP contribution in [0.25, 0.3) is 6.08 Å². The van der Waals surface area contributed by atoms with Crippen molar-refractivity contribution < 1.29 is 61.2 Å². The summed E-state index contributed by atoms with van der Waals surface area (Å²) in [5.74, 6) is -3.92. The predicted molar refractivity (Wildman–Crippen MR) is 197 cm³/mol. The topological polar surface area (TPSA) is 153 Å². The van der Waals surface area contributed by atoms with E-state index in [9.17, 15) is 32.7 Å². The van der Waals surface area contributed by atoms with Crippen LogP contribution in [0, 0.1) is 5.41 Å². The monoisotopic (exact) mass is 805 g/mol. The number of nitrogens with one attached hydrogen (secondary N) is 1. The number of aliphatic hydroxyl groups excluding tert-OH is 1. The van der Waals surface area contributed by atoms with Crippen molar-refractivity contribution in [1.82, 2.24) is 15.3 Å². The van der Waals surface area contributed by atoms with E-state index in [0.29, 0.717) is 24.0 Å². The third-order valence-electron chi connectivity index (χ3n) is 11.6. The number of aliphatic hydroxyl groups is 1. The maximum Gasteiger partial charge on any atom is 0.422 e. The lowest BCUT2D eigenvalue weighted by Gasteiger charge is -2.50. The fraction of sp³-hybridized carbons (Fsp3) is 0.429. The number of carbonyl (C=O) groups excluding carboxylic acids is 4. The SMILES string of the molecule is CN(C(=O)C12CC3OC(=O)C1N(Cc1ccc(C=CC(=O)OCC(F)(F)F)cc1)OC2C1OC2(Cc4ccccc4C2)OC31)C(Cc1ccccc1)C(=O)NCCO. The van der Waals surface area contributed by atoms with Crippen LogP contribution in [0.1, 0.15) is 34.2 Å². The Morgan fingerprint density at radius 1 is 0.983 bits per heavy atom. The van der Waals surface area contributed by atoms with Gasteiger partial charge in [-0.15, -0.1) is 0 Å². The van der Waals surface area contributed by atoms with Gasteiger partial charge < -0.3 is 34.3 Å². The average molecular weight is 806 g/mol. The average Bonchev–Trinajstić information content (AvgIpc) is 3.88. The van der Waals surface area contributed by atoms with Gasteiger partial charge in [0, 0.05) is 45.4 Å². The molecule has 4 fully saturated rings. The van der Waals surface area contributed by atoms with E-state index in [1.807, 2.05) is 54.6 Å². The van der Waals surface area contributed by atoms with Gasteiger partial charge in [-0.05, 0) is 33.9 Å². The van der Waals surface area contributed by atoms with Crippen molar-refractivity contribution in [3.8, 4) is 0 Å². The number of hydrogen-bond acceptors (Lipinski definition) is 11. The fourth-order valence-corrected chi connectivity index (χ4v) is 9.03. The van der Waals surface area contributed by atoms with Gasteiger partial charge in [-0.1, -0.05) is 78.9 Å². The molecule has 3 aromatic rings. The molecule has 7 unspecified atom stereocenters. The zero-order chi connectivity index (χ0) is 40.8. The number of hydroxylamine groups is 2. The number of esters is 2. The number of likely N-dealkylation sites (N-methyl/N-ethyl adjacent to an activating group) is 1. The lowest BCUT2D eigenvalue weighted by atomic mass is 9.62. The number of benzene rings is 3. The van der Waals surface area contributed by atoms with Gasteiger partial charge in [0.1, 0.15) is 35.9 Å². The first-order valence-corrected chi connectivity index (χ1v) is 19.1. The summed E-state index contributed by atoms with van der Waals surface area (Å²) in [7, 11) is 1.53. The van der Waals surface area contributed by atoms with Crippen LogP contribution in [0.5, 0.6) is 0 Å². The van der Waals surface area contributed by atoms with Crippen LogP contribution >= 0.6 is 0 Å². The van der Waals surface area contributed by atoms with Gasteiger partial charge in [0.25, 0.3) is 0 Å². The molecule has 5 aliphatic rings. The number of rotatable bonds is 12. The van der Waals surface area contributed by atoms with Crippen LogP contribution in [0.2, 0.25) is 0 Å². The molecule has 58 heavy (non-hydrogen) atoms. The van der Waals surface area contributed by atoms with E-state index in [1.165, 1.54) is 23.1 Å². The minimum absolute atomic E-state index is 0.00342. The highest BCUT2D eigenvalue weighted by Gasteiger charge is 2.77. The van der Waals surface area contributed by atoms with E-state index >= 15 is 4.79 Å². The molecule has 2 N–H and O–H groups in total. The minimum Gasteiger partial charge on any atom is -0.458 e. The normalized spacial score (nSPS) is 27.2. The van der Waals surface area contributed by atoms with Gasteiger partial charge in [0.05, 0.1) is 13.2 Å². The fourth-order valence-electron chi connectivity index (χ4n) is 9.03. The molecule has 1 saturated carbocycles. The summed E-state index contributed by atoms with van der Waals surface area (Å²) in [6, 6.07) is 21.4. The highest BCUT2D eigenvalue weighted by atomic mass is 19.4. The second-order valence-corrected chi connectivity index (χ2v) is 15.4. The summed E-state index contributed by atoms with van der Waals surface area (Å²) < 4.78 is 61.2. The number of hydrogen-bond donors (Lipinski definition) is 2. The zero-order valence-electron chi connectivity index (χ0n) is 31.4. The molecule has 0 radical (unpaired) electrons. The first-order valence-electron chi connectivity index (χ1n) is 19.1. The Kier molecular flexibility index (Phi) is 10.6. The summed E-state index contributed by atoms with van der Waals surface area (Å²) in [4.78, 5) is 63.3. The third-order valence-corrected chi connectivity index (χ3v) is 11.6. The summed E-state index contributed by atoms with van der Waals surface area (Å²) in [5.41, 5.74) is 2.46. The molecule has 2 aliphatic carbocycles. The Labute approximate surface area is 331 Å². The number of nitrogens with zero attached hydrogens (tertiary/aromatic N) is 2. The Hall–Kier alpha value is -5.13. The van der Waals surface area contributed by atoms with Crippen LogP contribution in [0.3, 0.4) is 0 Å². The molecule has 7 atom stereocenters. The Morgan fingerprint density at radius 3 is 2.33 bits per heavy atom. The Balaban J connectivity index is 1.11. The van der Waals surface area contributed by atoms with Crippen LogP contribution in [-0.2, 0) is 68.8 Å². The maximum absolute atomic E-state index is 15.4. The molecule has 0 aromatic heterocycles. The second kappa shape index (κ2) is 15.6. The van der Waals surface area contributed by atoms with Crippen LogP contribution in [0.4, 0.5) is 13.2 Å². The molecular weight excluding hydrogens is 763 g/mol. The minimum atomic E-state index is -4.65. The summed E-state index contributed by atoms with van der Waals surface area (Å²) >= 11 is 0. The molecule has 8 rings (SSSR count). The highest BCUT2D eigenvalue weighted by molar-refractivity contribution is 5.96. The largest absolute Gasteiger partial charge is 0.458 e. The quantitative estimate of drug-likeness (QED) is 0.205. The van der Waals surface area contributed by atoms with E-state index < -0.39 is 84.2 Å². The van der Waals surface area contributed by atoms with Gasteiger partial charge in [0.2, 0.25) is 11.8 Å². The Bertz CT molecular complexity index is 2060. The summed E-state index contributed by atoms with van der Waals surface area (Å²) in [6.45, 7) is -2.03. The number of alkyl halides is 3. The molecule has 16 heteroatoms. The van der Waals surface area contributed by atoms with E-state index in [0.717, 1.165) is 22.8 Å². The van der Waals surface area contributed by atoms with Crippen molar-refractivity contribution in [1.29, 1.82) is 0 Å². The predicted octanol–water partition coefficient (Wildman–Crippen LogP) is 3.06. The number of fused-ring (bicyclic) bond motifs is 5. The van der Waals surface area contributed by atoms with Crippen LogP contribution in [-0.4, -0.2) is 114 Å². The molecule has 13 nitrogen and oxygen atoms in total. The lowest BCUT2D eigenvalue weighted by molar-refractivity contribution is -0.218. The summed E-state index contributed by atoms with van der Waals surface area (Å²) in [5, 5.41) is 13.6. The van der Waals surface area contributed by atoms with Gasteiger partial charge >= 0.3 is 18.1 Å². The molecular formula is C42H42F3N3O10. The van der Waals surface area contributed by atoms with Gasteiger partial charge in [-0.3, -0.25) is 19.2 Å². The molecule has 1 spiro atoms. The first kappa shape index (κ1) is 39.7. The number of amides is 2. The van der Waals surface area contributed by atoms with Gasteiger partial charge in [-0.25, -0.2) is 4.79 Å². The van der Waals surface area contributed by atoms with Crippen LogP contribution < -0.4 is 5.32 Å². The lowest BCUT2D eigenvalue weighted by Crippen LogP contribution is -2.70. The molecule has 3 aromatic carbocycles.